The van der Waals surface area contributed by atoms with Gasteiger partial charge in [-0.15, -0.1) is 0 Å². The molecule has 0 amide bonds. The lowest BCUT2D eigenvalue weighted by atomic mass is 10.1. The zero-order valence-corrected chi connectivity index (χ0v) is 13.0. The van der Waals surface area contributed by atoms with Crippen LogP contribution in [-0.4, -0.2) is 37.8 Å². The number of pyridine rings is 1. The third kappa shape index (κ3) is 4.47. The van der Waals surface area contributed by atoms with E-state index in [0.717, 1.165) is 6.42 Å². The van der Waals surface area contributed by atoms with Crippen LogP contribution in [0.5, 0.6) is 0 Å². The zero-order chi connectivity index (χ0) is 14.6. The van der Waals surface area contributed by atoms with E-state index in [0.29, 0.717) is 17.8 Å². The number of aromatic nitrogens is 1. The van der Waals surface area contributed by atoms with Crippen molar-refractivity contribution in [2.75, 3.05) is 19.4 Å². The summed E-state index contributed by atoms with van der Waals surface area (Å²) in [4.78, 5) is 4.37. The molecule has 1 heterocycles. The Morgan fingerprint density at radius 2 is 1.89 bits per heavy atom. The highest BCUT2D eigenvalue weighted by Crippen LogP contribution is 2.15. The predicted octanol–water partition coefficient (Wildman–Crippen LogP) is 2.18. The van der Waals surface area contributed by atoms with Gasteiger partial charge in [0.1, 0.15) is 10.7 Å². The number of rotatable bonds is 6. The maximum atomic E-state index is 11.9. The molecule has 0 saturated heterocycles. The number of sulfonamides is 1. The molecule has 0 saturated carbocycles. The number of nitrogens with one attached hydrogen (secondary N) is 1. The fourth-order valence-corrected chi connectivity index (χ4v) is 2.70. The van der Waals surface area contributed by atoms with E-state index >= 15 is 0 Å². The van der Waals surface area contributed by atoms with Crippen LogP contribution in [0.2, 0.25) is 0 Å². The molecule has 0 radical (unpaired) electrons. The maximum Gasteiger partial charge on any atom is 0.244 e. The molecule has 0 aliphatic heterocycles. The quantitative estimate of drug-likeness (QED) is 0.870. The second-order valence-electron chi connectivity index (χ2n) is 5.34. The van der Waals surface area contributed by atoms with Gasteiger partial charge in [-0.1, -0.05) is 13.8 Å². The van der Waals surface area contributed by atoms with Crippen molar-refractivity contribution in [1.82, 2.24) is 9.29 Å². The van der Waals surface area contributed by atoms with E-state index in [1.54, 1.807) is 12.1 Å². The van der Waals surface area contributed by atoms with E-state index in [1.165, 1.54) is 24.6 Å². The van der Waals surface area contributed by atoms with Crippen molar-refractivity contribution < 1.29 is 8.42 Å². The van der Waals surface area contributed by atoms with E-state index in [9.17, 15) is 8.42 Å². The first-order valence-corrected chi connectivity index (χ1v) is 7.82. The molecular weight excluding hydrogens is 262 g/mol. The third-order valence-corrected chi connectivity index (χ3v) is 4.53. The van der Waals surface area contributed by atoms with Crippen LogP contribution in [-0.2, 0) is 10.0 Å². The van der Waals surface area contributed by atoms with Gasteiger partial charge in [-0.25, -0.2) is 17.7 Å². The van der Waals surface area contributed by atoms with Crippen LogP contribution in [0.4, 0.5) is 5.82 Å². The summed E-state index contributed by atoms with van der Waals surface area (Å²) < 4.78 is 24.9. The molecule has 0 aliphatic carbocycles. The van der Waals surface area contributed by atoms with Crippen LogP contribution < -0.4 is 5.32 Å². The molecule has 1 aromatic rings. The highest BCUT2D eigenvalue weighted by molar-refractivity contribution is 7.89. The highest BCUT2D eigenvalue weighted by Gasteiger charge is 2.17. The van der Waals surface area contributed by atoms with E-state index in [1.807, 2.05) is 0 Å². The molecule has 0 spiro atoms. The van der Waals surface area contributed by atoms with Gasteiger partial charge in [-0.05, 0) is 31.4 Å². The zero-order valence-electron chi connectivity index (χ0n) is 12.2. The van der Waals surface area contributed by atoms with Crippen LogP contribution in [0, 0.1) is 5.92 Å². The molecular formula is C13H23N3O2S. The molecule has 0 aliphatic rings. The molecule has 1 N–H and O–H groups in total. The number of anilines is 1. The second kappa shape index (κ2) is 6.34. The van der Waals surface area contributed by atoms with Crippen molar-refractivity contribution in [2.24, 2.45) is 5.92 Å². The molecule has 1 unspecified atom stereocenters. The van der Waals surface area contributed by atoms with Crippen molar-refractivity contribution in [1.29, 1.82) is 0 Å². The normalized spacial score (nSPS) is 13.8. The molecule has 0 aromatic carbocycles. The first-order chi connectivity index (χ1) is 8.73. The molecule has 108 valence electrons. The van der Waals surface area contributed by atoms with Gasteiger partial charge in [-0.3, -0.25) is 0 Å². The second-order valence-corrected chi connectivity index (χ2v) is 7.49. The topological polar surface area (TPSA) is 62.3 Å². The maximum absolute atomic E-state index is 11.9. The first kappa shape index (κ1) is 15.9. The summed E-state index contributed by atoms with van der Waals surface area (Å²) >= 11 is 0. The summed E-state index contributed by atoms with van der Waals surface area (Å²) in [5.74, 6) is 1.31. The molecule has 19 heavy (non-hydrogen) atoms. The first-order valence-electron chi connectivity index (χ1n) is 6.38. The van der Waals surface area contributed by atoms with Gasteiger partial charge in [0, 0.05) is 26.3 Å². The molecule has 1 aromatic heterocycles. The molecule has 5 nitrogen and oxygen atoms in total. The van der Waals surface area contributed by atoms with Gasteiger partial charge in [-0.2, -0.15) is 0 Å². The van der Waals surface area contributed by atoms with Crippen molar-refractivity contribution in [3.63, 3.8) is 0 Å². The van der Waals surface area contributed by atoms with Gasteiger partial charge >= 0.3 is 0 Å². The standard InChI is InChI=1S/C13H23N3O2S/c1-10(2)8-11(3)15-13-7-6-12(9-14-13)19(17,18)16(4)5/h6-7,9-11H,8H2,1-5H3,(H,14,15). The summed E-state index contributed by atoms with van der Waals surface area (Å²) in [6, 6.07) is 3.59. The van der Waals surface area contributed by atoms with Crippen LogP contribution in [0.15, 0.2) is 23.2 Å². The average molecular weight is 285 g/mol. The van der Waals surface area contributed by atoms with Crippen LogP contribution in [0.3, 0.4) is 0 Å². The monoisotopic (exact) mass is 285 g/mol. The fraction of sp³-hybridized carbons (Fsp3) is 0.615. The Kier molecular flexibility index (Phi) is 5.31. The summed E-state index contributed by atoms with van der Waals surface area (Å²) in [5, 5.41) is 3.26. The van der Waals surface area contributed by atoms with Crippen molar-refractivity contribution in [3.05, 3.63) is 18.3 Å². The average Bonchev–Trinajstić information content (AvgIpc) is 2.28. The van der Waals surface area contributed by atoms with Gasteiger partial charge < -0.3 is 5.32 Å². The Balaban J connectivity index is 2.78. The molecule has 6 heteroatoms. The van der Waals surface area contributed by atoms with Crippen LogP contribution >= 0.6 is 0 Å². The Bertz CT molecular complexity index is 495. The molecule has 0 bridgehead atoms. The summed E-state index contributed by atoms with van der Waals surface area (Å²) in [5.41, 5.74) is 0. The smallest absolute Gasteiger partial charge is 0.244 e. The lowest BCUT2D eigenvalue weighted by molar-refractivity contribution is 0.520. The Hall–Kier alpha value is -1.14. The highest BCUT2D eigenvalue weighted by atomic mass is 32.2. The molecule has 0 fully saturated rings. The minimum absolute atomic E-state index is 0.208. The minimum Gasteiger partial charge on any atom is -0.368 e. The van der Waals surface area contributed by atoms with E-state index in [-0.39, 0.29) is 4.90 Å². The van der Waals surface area contributed by atoms with E-state index in [2.05, 4.69) is 31.1 Å². The predicted molar refractivity (Wildman–Crippen MR) is 77.6 cm³/mol. The summed E-state index contributed by atoms with van der Waals surface area (Å²) in [6.45, 7) is 6.42. The van der Waals surface area contributed by atoms with Gasteiger partial charge in [0.15, 0.2) is 0 Å². The SMILES string of the molecule is CC(C)CC(C)Nc1ccc(S(=O)(=O)N(C)C)cn1. The molecule has 1 rings (SSSR count). The lowest BCUT2D eigenvalue weighted by Gasteiger charge is -2.17. The van der Waals surface area contributed by atoms with Crippen molar-refractivity contribution in [3.8, 4) is 0 Å². The summed E-state index contributed by atoms with van der Waals surface area (Å²) in [6.07, 6.45) is 2.43. The Morgan fingerprint density at radius 1 is 1.26 bits per heavy atom. The summed E-state index contributed by atoms with van der Waals surface area (Å²) in [7, 11) is -0.386. The van der Waals surface area contributed by atoms with Crippen LogP contribution in [0.25, 0.3) is 0 Å². The van der Waals surface area contributed by atoms with Gasteiger partial charge in [0.25, 0.3) is 0 Å². The lowest BCUT2D eigenvalue weighted by Crippen LogP contribution is -2.22. The fourth-order valence-electron chi connectivity index (χ4n) is 1.85. The molecule has 1 atom stereocenters. The largest absolute Gasteiger partial charge is 0.368 e. The third-order valence-electron chi connectivity index (χ3n) is 2.73. The van der Waals surface area contributed by atoms with E-state index in [4.69, 9.17) is 0 Å². The van der Waals surface area contributed by atoms with Crippen molar-refractivity contribution in [2.45, 2.75) is 38.1 Å². The minimum atomic E-state index is -3.40. The van der Waals surface area contributed by atoms with E-state index < -0.39 is 10.0 Å². The number of hydrogen-bond donors (Lipinski definition) is 1. The Labute approximate surface area is 116 Å². The van der Waals surface area contributed by atoms with Gasteiger partial charge in [0.2, 0.25) is 10.0 Å². The number of hydrogen-bond acceptors (Lipinski definition) is 4. The van der Waals surface area contributed by atoms with Crippen LogP contribution in [0.1, 0.15) is 27.2 Å². The number of nitrogens with zero attached hydrogens (tertiary/aromatic N) is 2. The van der Waals surface area contributed by atoms with Gasteiger partial charge in [0.05, 0.1) is 0 Å². The van der Waals surface area contributed by atoms with Crippen molar-refractivity contribution >= 4 is 15.8 Å². The Morgan fingerprint density at radius 3 is 2.32 bits per heavy atom.